The smallest absolute Gasteiger partial charge is 0.227 e. The van der Waals surface area contributed by atoms with Crippen molar-refractivity contribution >= 4 is 18.3 Å². The minimum atomic E-state index is 0. The second kappa shape index (κ2) is 9.45. The van der Waals surface area contributed by atoms with Gasteiger partial charge in [0.2, 0.25) is 5.91 Å². The topological polar surface area (TPSA) is 81.5 Å². The highest BCUT2D eigenvalue weighted by Gasteiger charge is 2.29. The first-order valence-corrected chi connectivity index (χ1v) is 9.81. The summed E-state index contributed by atoms with van der Waals surface area (Å²) in [6.45, 7) is 4.16. The number of methoxy groups -OCH3 is 2. The van der Waals surface area contributed by atoms with Gasteiger partial charge in [-0.15, -0.1) is 22.6 Å². The molecule has 0 aliphatic carbocycles. The Balaban J connectivity index is 0.00000240. The number of aromatic nitrogens is 3. The van der Waals surface area contributed by atoms with E-state index in [4.69, 9.17) is 9.47 Å². The molecule has 0 atom stereocenters. The van der Waals surface area contributed by atoms with Gasteiger partial charge in [-0.25, -0.2) is 0 Å². The Bertz CT molecular complexity index is 849. The number of halogens is 1. The highest BCUT2D eigenvalue weighted by molar-refractivity contribution is 5.85. The molecule has 0 saturated carbocycles. The zero-order valence-corrected chi connectivity index (χ0v) is 17.7. The molecule has 1 fully saturated rings. The van der Waals surface area contributed by atoms with Gasteiger partial charge in [0, 0.05) is 37.7 Å². The summed E-state index contributed by atoms with van der Waals surface area (Å²) >= 11 is 0. The number of amides is 1. The van der Waals surface area contributed by atoms with E-state index in [0.29, 0.717) is 18.1 Å². The Labute approximate surface area is 177 Å². The Morgan fingerprint density at radius 3 is 2.69 bits per heavy atom. The van der Waals surface area contributed by atoms with Gasteiger partial charge in [0.1, 0.15) is 23.1 Å². The molecule has 2 aromatic rings. The maximum atomic E-state index is 12.8. The van der Waals surface area contributed by atoms with E-state index >= 15 is 0 Å². The Morgan fingerprint density at radius 2 is 1.97 bits per heavy atom. The number of nitrogens with one attached hydrogen (secondary N) is 1. The van der Waals surface area contributed by atoms with Crippen LogP contribution in [-0.2, 0) is 24.3 Å². The van der Waals surface area contributed by atoms with Gasteiger partial charge in [0.25, 0.3) is 0 Å². The van der Waals surface area contributed by atoms with Crippen LogP contribution in [0.1, 0.15) is 36.0 Å². The molecule has 9 heteroatoms. The fourth-order valence-corrected chi connectivity index (χ4v) is 4.10. The molecule has 2 aliphatic rings. The summed E-state index contributed by atoms with van der Waals surface area (Å²) in [4.78, 5) is 14.8. The molecular formula is C20H28ClN5O3. The summed E-state index contributed by atoms with van der Waals surface area (Å²) in [5, 5.41) is 12.1. The number of ether oxygens (including phenoxy) is 2. The molecule has 0 bridgehead atoms. The van der Waals surface area contributed by atoms with E-state index < -0.39 is 0 Å². The third-order valence-corrected chi connectivity index (χ3v) is 5.69. The number of fused-ring (bicyclic) bond motifs is 1. The van der Waals surface area contributed by atoms with Crippen LogP contribution in [0.4, 0.5) is 0 Å². The highest BCUT2D eigenvalue weighted by Crippen LogP contribution is 2.29. The van der Waals surface area contributed by atoms with Crippen molar-refractivity contribution in [2.24, 2.45) is 0 Å². The van der Waals surface area contributed by atoms with E-state index in [0.717, 1.165) is 68.5 Å². The zero-order valence-electron chi connectivity index (χ0n) is 16.9. The summed E-state index contributed by atoms with van der Waals surface area (Å²) < 4.78 is 12.9. The van der Waals surface area contributed by atoms with Crippen LogP contribution in [0.25, 0.3) is 0 Å². The molecule has 8 nitrogen and oxygen atoms in total. The minimum absolute atomic E-state index is 0. The van der Waals surface area contributed by atoms with Crippen molar-refractivity contribution in [1.29, 1.82) is 0 Å². The lowest BCUT2D eigenvalue weighted by molar-refractivity contribution is -0.131. The van der Waals surface area contributed by atoms with Crippen LogP contribution in [-0.4, -0.2) is 59.4 Å². The van der Waals surface area contributed by atoms with Gasteiger partial charge in [0.15, 0.2) is 0 Å². The van der Waals surface area contributed by atoms with Crippen LogP contribution in [0.5, 0.6) is 11.5 Å². The van der Waals surface area contributed by atoms with Gasteiger partial charge >= 0.3 is 0 Å². The van der Waals surface area contributed by atoms with E-state index in [9.17, 15) is 4.79 Å². The van der Waals surface area contributed by atoms with Crippen LogP contribution < -0.4 is 14.8 Å². The summed E-state index contributed by atoms with van der Waals surface area (Å²) in [5.41, 5.74) is 0.855. The molecule has 0 radical (unpaired) electrons. The van der Waals surface area contributed by atoms with Crippen molar-refractivity contribution in [3.63, 3.8) is 0 Å². The first-order valence-electron chi connectivity index (χ1n) is 9.81. The first kappa shape index (κ1) is 21.4. The zero-order chi connectivity index (χ0) is 19.5. The summed E-state index contributed by atoms with van der Waals surface area (Å²) in [6.07, 6.45) is 2.16. The quantitative estimate of drug-likeness (QED) is 0.792. The third kappa shape index (κ3) is 4.48. The van der Waals surface area contributed by atoms with Gasteiger partial charge < -0.3 is 24.3 Å². The van der Waals surface area contributed by atoms with E-state index in [1.165, 1.54) is 0 Å². The molecule has 158 valence electrons. The summed E-state index contributed by atoms with van der Waals surface area (Å²) in [6, 6.07) is 5.56. The largest absolute Gasteiger partial charge is 0.497 e. The monoisotopic (exact) mass is 421 g/mol. The lowest BCUT2D eigenvalue weighted by Crippen LogP contribution is -2.39. The van der Waals surface area contributed by atoms with Crippen molar-refractivity contribution < 1.29 is 14.3 Å². The molecular weight excluding hydrogens is 394 g/mol. The van der Waals surface area contributed by atoms with Gasteiger partial charge in [-0.2, -0.15) is 0 Å². The number of carbonyl (C=O) groups is 1. The van der Waals surface area contributed by atoms with Gasteiger partial charge in [0.05, 0.1) is 27.2 Å². The molecule has 1 saturated heterocycles. The number of likely N-dealkylation sites (tertiary alicyclic amines) is 1. The number of piperidine rings is 1. The average molecular weight is 422 g/mol. The lowest BCUT2D eigenvalue weighted by Gasteiger charge is -2.32. The molecule has 1 amide bonds. The van der Waals surface area contributed by atoms with Crippen molar-refractivity contribution in [2.75, 3.05) is 33.9 Å². The van der Waals surface area contributed by atoms with Crippen LogP contribution in [0, 0.1) is 0 Å². The Kier molecular flexibility index (Phi) is 6.97. The molecule has 29 heavy (non-hydrogen) atoms. The van der Waals surface area contributed by atoms with E-state index in [1.807, 2.05) is 23.1 Å². The maximum Gasteiger partial charge on any atom is 0.227 e. The van der Waals surface area contributed by atoms with Crippen LogP contribution in [0.2, 0.25) is 0 Å². The third-order valence-electron chi connectivity index (χ3n) is 5.69. The van der Waals surface area contributed by atoms with Crippen molar-refractivity contribution in [3.05, 3.63) is 35.4 Å². The first-order chi connectivity index (χ1) is 13.7. The van der Waals surface area contributed by atoms with Gasteiger partial charge in [-0.05, 0) is 31.0 Å². The molecule has 1 aromatic heterocycles. The maximum absolute atomic E-state index is 12.8. The molecule has 4 rings (SSSR count). The lowest BCUT2D eigenvalue weighted by atomic mass is 9.95. The number of carbonyl (C=O) groups excluding carboxylic acids is 1. The Hall–Kier alpha value is -2.32. The molecule has 0 spiro atoms. The van der Waals surface area contributed by atoms with E-state index in [2.05, 4.69) is 20.1 Å². The van der Waals surface area contributed by atoms with Crippen LogP contribution in [0.3, 0.4) is 0 Å². The summed E-state index contributed by atoms with van der Waals surface area (Å²) in [7, 11) is 3.24. The predicted molar refractivity (Wildman–Crippen MR) is 111 cm³/mol. The van der Waals surface area contributed by atoms with Crippen molar-refractivity contribution in [1.82, 2.24) is 25.0 Å². The molecule has 3 heterocycles. The SMILES string of the molecule is COc1ccc(OC)c(CC(=O)N2CCC(c3nnc4n3CCNC4)CC2)c1.Cl. The fraction of sp³-hybridized carbons (Fsp3) is 0.550. The minimum Gasteiger partial charge on any atom is -0.497 e. The fourth-order valence-electron chi connectivity index (χ4n) is 4.10. The van der Waals surface area contributed by atoms with Crippen LogP contribution >= 0.6 is 12.4 Å². The second-order valence-corrected chi connectivity index (χ2v) is 7.31. The van der Waals surface area contributed by atoms with Crippen molar-refractivity contribution in [3.8, 4) is 11.5 Å². The number of hydrogen-bond acceptors (Lipinski definition) is 6. The standard InChI is InChI=1S/C20H27N5O3.ClH/c1-27-16-3-4-17(28-2)15(11-16)12-19(26)24-8-5-14(6-9-24)20-23-22-18-13-21-7-10-25(18)20;/h3-4,11,14,21H,5-10,12-13H2,1-2H3;1H. The van der Waals surface area contributed by atoms with E-state index in [-0.39, 0.29) is 18.3 Å². The van der Waals surface area contributed by atoms with Gasteiger partial charge in [-0.3, -0.25) is 4.79 Å². The van der Waals surface area contributed by atoms with E-state index in [1.54, 1.807) is 14.2 Å². The molecule has 1 aromatic carbocycles. The molecule has 0 unspecified atom stereocenters. The highest BCUT2D eigenvalue weighted by atomic mass is 35.5. The Morgan fingerprint density at radius 1 is 1.17 bits per heavy atom. The molecule has 1 N–H and O–H groups in total. The number of benzene rings is 1. The van der Waals surface area contributed by atoms with Crippen molar-refractivity contribution in [2.45, 2.75) is 38.3 Å². The normalized spacial score (nSPS) is 16.7. The number of rotatable bonds is 5. The second-order valence-electron chi connectivity index (χ2n) is 7.31. The summed E-state index contributed by atoms with van der Waals surface area (Å²) in [5.74, 6) is 4.04. The average Bonchev–Trinajstić information content (AvgIpc) is 3.18. The van der Waals surface area contributed by atoms with Crippen LogP contribution in [0.15, 0.2) is 18.2 Å². The molecule has 2 aliphatic heterocycles. The van der Waals surface area contributed by atoms with Gasteiger partial charge in [-0.1, -0.05) is 0 Å². The predicted octanol–water partition coefficient (Wildman–Crippen LogP) is 1.77. The number of hydrogen-bond donors (Lipinski definition) is 1. The number of nitrogens with zero attached hydrogens (tertiary/aromatic N) is 4.